The van der Waals surface area contributed by atoms with E-state index in [-0.39, 0.29) is 17.6 Å². The van der Waals surface area contributed by atoms with Crippen LogP contribution in [0.5, 0.6) is 0 Å². The molecule has 4 nitrogen and oxygen atoms in total. The Labute approximate surface area is 105 Å². The van der Waals surface area contributed by atoms with E-state index in [0.717, 1.165) is 16.8 Å². The van der Waals surface area contributed by atoms with E-state index in [9.17, 15) is 9.59 Å². The van der Waals surface area contributed by atoms with Crippen LogP contribution >= 0.6 is 12.6 Å². The molecule has 1 aromatic rings. The predicted molar refractivity (Wildman–Crippen MR) is 69.1 cm³/mol. The van der Waals surface area contributed by atoms with Crippen LogP contribution in [0.25, 0.3) is 0 Å². The van der Waals surface area contributed by atoms with Gasteiger partial charge in [0, 0.05) is 19.3 Å². The van der Waals surface area contributed by atoms with Gasteiger partial charge in [0.25, 0.3) is 0 Å². The van der Waals surface area contributed by atoms with E-state index in [0.29, 0.717) is 13.0 Å². The summed E-state index contributed by atoms with van der Waals surface area (Å²) >= 11 is 3.95. The van der Waals surface area contributed by atoms with Gasteiger partial charge < -0.3 is 10.2 Å². The molecule has 1 aromatic carbocycles. The van der Waals surface area contributed by atoms with Gasteiger partial charge in [-0.25, -0.2) is 0 Å². The van der Waals surface area contributed by atoms with Gasteiger partial charge in [0.05, 0.1) is 12.2 Å². The van der Waals surface area contributed by atoms with E-state index in [1.165, 1.54) is 0 Å². The smallest absolute Gasteiger partial charge is 0.232 e. The first kappa shape index (κ1) is 12.0. The highest BCUT2D eigenvalue weighted by molar-refractivity contribution is 7.81. The molecular weight excluding hydrogens is 236 g/mol. The molecule has 0 bridgehead atoms. The fourth-order valence-electron chi connectivity index (χ4n) is 1.86. The molecule has 0 radical (unpaired) electrons. The van der Waals surface area contributed by atoms with E-state index in [1.807, 2.05) is 18.2 Å². The van der Waals surface area contributed by atoms with Gasteiger partial charge in [-0.15, -0.1) is 0 Å². The lowest BCUT2D eigenvalue weighted by molar-refractivity contribution is -0.127. The summed E-state index contributed by atoms with van der Waals surface area (Å²) in [5, 5.41) is 2.78. The van der Waals surface area contributed by atoms with Crippen molar-refractivity contribution in [3.63, 3.8) is 0 Å². The van der Waals surface area contributed by atoms with Crippen molar-refractivity contribution >= 4 is 30.1 Å². The number of rotatable bonds is 3. The Balaban J connectivity index is 2.11. The second kappa shape index (κ2) is 4.79. The van der Waals surface area contributed by atoms with Gasteiger partial charge in [-0.1, -0.05) is 12.1 Å². The van der Waals surface area contributed by atoms with Crippen molar-refractivity contribution in [1.29, 1.82) is 0 Å². The number of nitrogens with one attached hydrogen (secondary N) is 1. The number of hydrogen-bond acceptors (Lipinski definition) is 3. The van der Waals surface area contributed by atoms with Crippen LogP contribution in [0.2, 0.25) is 0 Å². The number of nitrogens with zero attached hydrogens (tertiary/aromatic N) is 1. The second-order valence-corrected chi connectivity index (χ2v) is 4.44. The predicted octanol–water partition coefficient (Wildman–Crippen LogP) is 1.07. The average Bonchev–Trinajstić information content (AvgIpc) is 2.67. The zero-order valence-corrected chi connectivity index (χ0v) is 10.5. The summed E-state index contributed by atoms with van der Waals surface area (Å²) in [6.45, 7) is 0.543. The summed E-state index contributed by atoms with van der Waals surface area (Å²) in [7, 11) is 1.75. The summed E-state index contributed by atoms with van der Waals surface area (Å²) in [6, 6.07) is 5.77. The Morgan fingerprint density at radius 2 is 2.29 bits per heavy atom. The molecule has 0 aromatic heterocycles. The zero-order chi connectivity index (χ0) is 12.4. The minimum Gasteiger partial charge on any atom is -0.341 e. The molecule has 0 atom stereocenters. The molecule has 1 aliphatic rings. The largest absolute Gasteiger partial charge is 0.341 e. The Morgan fingerprint density at radius 3 is 3.00 bits per heavy atom. The molecule has 2 rings (SSSR count). The maximum Gasteiger partial charge on any atom is 0.232 e. The van der Waals surface area contributed by atoms with E-state index in [2.05, 4.69) is 17.9 Å². The monoisotopic (exact) mass is 250 g/mol. The number of carbonyl (C=O) groups is 2. The van der Waals surface area contributed by atoms with Crippen LogP contribution in [0, 0.1) is 0 Å². The van der Waals surface area contributed by atoms with Gasteiger partial charge in [0.15, 0.2) is 0 Å². The number of thiol groups is 1. The van der Waals surface area contributed by atoms with Crippen molar-refractivity contribution in [3.05, 3.63) is 29.3 Å². The molecule has 90 valence electrons. The zero-order valence-electron chi connectivity index (χ0n) is 9.56. The van der Waals surface area contributed by atoms with Crippen LogP contribution in [-0.2, 0) is 22.6 Å². The maximum absolute atomic E-state index is 11.4. The number of carbonyl (C=O) groups excluding carboxylic acids is 2. The van der Waals surface area contributed by atoms with Crippen molar-refractivity contribution in [2.24, 2.45) is 0 Å². The molecule has 0 unspecified atom stereocenters. The van der Waals surface area contributed by atoms with Crippen LogP contribution in [0.15, 0.2) is 18.2 Å². The topological polar surface area (TPSA) is 49.4 Å². The third-order valence-corrected chi connectivity index (χ3v) is 3.05. The molecular formula is C12H14N2O2S. The Kier molecular flexibility index (Phi) is 3.38. The van der Waals surface area contributed by atoms with Gasteiger partial charge in [0.2, 0.25) is 11.8 Å². The first-order valence-corrected chi connectivity index (χ1v) is 6.00. The fraction of sp³-hybridized carbons (Fsp3) is 0.333. The first-order chi connectivity index (χ1) is 8.10. The lowest BCUT2D eigenvalue weighted by Gasteiger charge is -2.16. The molecule has 0 saturated heterocycles. The SMILES string of the molecule is CN(Cc1ccc2c(c1)CC(=O)N2)C(=O)CS. The first-order valence-electron chi connectivity index (χ1n) is 5.36. The highest BCUT2D eigenvalue weighted by Gasteiger charge is 2.18. The summed E-state index contributed by atoms with van der Waals surface area (Å²) in [5.74, 6) is 0.224. The molecule has 5 heteroatoms. The van der Waals surface area contributed by atoms with E-state index >= 15 is 0 Å². The number of amides is 2. The molecule has 1 N–H and O–H groups in total. The summed E-state index contributed by atoms with van der Waals surface area (Å²) in [6.07, 6.45) is 0.424. The number of benzene rings is 1. The highest BCUT2D eigenvalue weighted by atomic mass is 32.1. The molecule has 0 saturated carbocycles. The van der Waals surface area contributed by atoms with Crippen molar-refractivity contribution in [3.8, 4) is 0 Å². The van der Waals surface area contributed by atoms with Crippen molar-refractivity contribution < 1.29 is 9.59 Å². The second-order valence-electron chi connectivity index (χ2n) is 4.12. The minimum atomic E-state index is -0.0111. The van der Waals surface area contributed by atoms with Crippen molar-refractivity contribution in [2.45, 2.75) is 13.0 Å². The molecule has 1 aliphatic heterocycles. The maximum atomic E-state index is 11.4. The Morgan fingerprint density at radius 1 is 1.53 bits per heavy atom. The molecule has 1 heterocycles. The van der Waals surface area contributed by atoms with Crippen LogP contribution in [0.3, 0.4) is 0 Å². The summed E-state index contributed by atoms with van der Waals surface area (Å²) < 4.78 is 0. The lowest BCUT2D eigenvalue weighted by Crippen LogP contribution is -2.27. The normalized spacial score (nSPS) is 13.2. The Bertz CT molecular complexity index is 474. The van der Waals surface area contributed by atoms with Crippen molar-refractivity contribution in [2.75, 3.05) is 18.1 Å². The van der Waals surface area contributed by atoms with Crippen molar-refractivity contribution in [1.82, 2.24) is 4.90 Å². The number of hydrogen-bond donors (Lipinski definition) is 2. The van der Waals surface area contributed by atoms with Gasteiger partial charge in [-0.2, -0.15) is 12.6 Å². The fourth-order valence-corrected chi connectivity index (χ4v) is 2.11. The van der Waals surface area contributed by atoms with E-state index in [1.54, 1.807) is 11.9 Å². The summed E-state index contributed by atoms with van der Waals surface area (Å²) in [4.78, 5) is 24.2. The lowest BCUT2D eigenvalue weighted by atomic mass is 10.1. The van der Waals surface area contributed by atoms with Crippen LogP contribution in [-0.4, -0.2) is 29.5 Å². The van der Waals surface area contributed by atoms with Crippen LogP contribution < -0.4 is 5.32 Å². The Hall–Kier alpha value is -1.49. The van der Waals surface area contributed by atoms with Gasteiger partial charge in [0.1, 0.15) is 0 Å². The summed E-state index contributed by atoms with van der Waals surface area (Å²) in [5.41, 5.74) is 2.90. The molecule has 17 heavy (non-hydrogen) atoms. The van der Waals surface area contributed by atoms with E-state index < -0.39 is 0 Å². The van der Waals surface area contributed by atoms with Crippen LogP contribution in [0.1, 0.15) is 11.1 Å². The average molecular weight is 250 g/mol. The third kappa shape index (κ3) is 2.61. The third-order valence-electron chi connectivity index (χ3n) is 2.78. The number of anilines is 1. The molecule has 0 aliphatic carbocycles. The van der Waals surface area contributed by atoms with Gasteiger partial charge >= 0.3 is 0 Å². The minimum absolute atomic E-state index is 0.0111. The standard InChI is InChI=1S/C12H14N2O2S/c1-14(12(16)7-17)6-8-2-3-10-9(4-8)5-11(15)13-10/h2-4,17H,5-7H2,1H3,(H,13,15). The quantitative estimate of drug-likeness (QED) is 0.788. The molecule has 0 spiro atoms. The van der Waals surface area contributed by atoms with Gasteiger partial charge in [-0.3, -0.25) is 9.59 Å². The molecule has 2 amide bonds. The van der Waals surface area contributed by atoms with Gasteiger partial charge in [-0.05, 0) is 17.2 Å². The van der Waals surface area contributed by atoms with Crippen LogP contribution in [0.4, 0.5) is 5.69 Å². The number of fused-ring (bicyclic) bond motifs is 1. The molecule has 0 fully saturated rings. The van der Waals surface area contributed by atoms with E-state index in [4.69, 9.17) is 0 Å². The highest BCUT2D eigenvalue weighted by Crippen LogP contribution is 2.24.